The highest BCUT2D eigenvalue weighted by Gasteiger charge is 2.42. The fourth-order valence-corrected chi connectivity index (χ4v) is 3.85. The third kappa shape index (κ3) is 4.04. The highest BCUT2D eigenvalue weighted by Crippen LogP contribution is 2.34. The van der Waals surface area contributed by atoms with Crippen LogP contribution in [0.2, 0.25) is 0 Å². The summed E-state index contributed by atoms with van der Waals surface area (Å²) in [5, 5.41) is 1.81. The number of hydrogen-bond acceptors (Lipinski definition) is 5. The van der Waals surface area contributed by atoms with Crippen LogP contribution in [0, 0.1) is 5.92 Å². The zero-order valence-corrected chi connectivity index (χ0v) is 15.5. The minimum absolute atomic E-state index is 0.386. The Morgan fingerprint density at radius 3 is 1.70 bits per heavy atom. The van der Waals surface area contributed by atoms with E-state index in [9.17, 15) is 14.4 Å². The molecule has 0 radical (unpaired) electrons. The molecule has 1 aromatic heterocycles. The van der Waals surface area contributed by atoms with Crippen LogP contribution < -0.4 is 0 Å². The number of ketones is 2. The van der Waals surface area contributed by atoms with Crippen molar-refractivity contribution < 1.29 is 19.1 Å². The molecule has 0 aliphatic heterocycles. The van der Waals surface area contributed by atoms with Crippen molar-refractivity contribution in [3.05, 3.63) is 94.2 Å². The van der Waals surface area contributed by atoms with Crippen molar-refractivity contribution in [3.8, 4) is 0 Å². The highest BCUT2D eigenvalue weighted by atomic mass is 32.1. The van der Waals surface area contributed by atoms with E-state index in [4.69, 9.17) is 4.74 Å². The maximum atomic E-state index is 13.3. The molecule has 0 bridgehead atoms. The maximum absolute atomic E-state index is 13.3. The van der Waals surface area contributed by atoms with Crippen LogP contribution in [0.15, 0.2) is 78.2 Å². The molecule has 0 fully saturated rings. The van der Waals surface area contributed by atoms with E-state index < -0.39 is 29.4 Å². The van der Waals surface area contributed by atoms with Crippen LogP contribution in [0.25, 0.3) is 0 Å². The summed E-state index contributed by atoms with van der Waals surface area (Å²) in [7, 11) is 1.26. The molecule has 2 aromatic carbocycles. The van der Waals surface area contributed by atoms with E-state index >= 15 is 0 Å². The van der Waals surface area contributed by atoms with Crippen molar-refractivity contribution in [2.24, 2.45) is 5.92 Å². The molecule has 136 valence electrons. The fourth-order valence-electron chi connectivity index (χ4n) is 3.00. The molecule has 5 heteroatoms. The van der Waals surface area contributed by atoms with E-state index in [0.29, 0.717) is 16.0 Å². The van der Waals surface area contributed by atoms with Crippen LogP contribution in [0.5, 0.6) is 0 Å². The largest absolute Gasteiger partial charge is 0.468 e. The molecule has 0 aliphatic rings. The van der Waals surface area contributed by atoms with Crippen LogP contribution in [0.4, 0.5) is 0 Å². The smallest absolute Gasteiger partial charge is 0.315 e. The molecule has 0 saturated heterocycles. The Labute approximate surface area is 161 Å². The Bertz CT molecular complexity index is 866. The Morgan fingerprint density at radius 2 is 1.30 bits per heavy atom. The van der Waals surface area contributed by atoms with Gasteiger partial charge in [-0.15, -0.1) is 11.3 Å². The van der Waals surface area contributed by atoms with Gasteiger partial charge in [0, 0.05) is 16.0 Å². The Morgan fingerprint density at radius 1 is 0.778 bits per heavy atom. The lowest BCUT2D eigenvalue weighted by Gasteiger charge is -2.22. The quantitative estimate of drug-likeness (QED) is 0.348. The van der Waals surface area contributed by atoms with Gasteiger partial charge in [-0.1, -0.05) is 66.7 Å². The lowest BCUT2D eigenvalue weighted by Crippen LogP contribution is -2.35. The van der Waals surface area contributed by atoms with Gasteiger partial charge in [0.05, 0.1) is 7.11 Å². The summed E-state index contributed by atoms with van der Waals surface area (Å²) < 4.78 is 4.95. The van der Waals surface area contributed by atoms with Crippen LogP contribution in [-0.2, 0) is 9.53 Å². The number of carbonyl (C=O) groups is 3. The zero-order valence-electron chi connectivity index (χ0n) is 14.7. The molecule has 3 rings (SSSR count). The molecule has 4 nitrogen and oxygen atoms in total. The maximum Gasteiger partial charge on any atom is 0.315 e. The van der Waals surface area contributed by atoms with Crippen LogP contribution in [-0.4, -0.2) is 24.6 Å². The number of benzene rings is 2. The van der Waals surface area contributed by atoms with Crippen LogP contribution in [0.1, 0.15) is 31.5 Å². The molecule has 3 aromatic rings. The second kappa shape index (κ2) is 8.56. The first-order valence-electron chi connectivity index (χ1n) is 8.43. The van der Waals surface area contributed by atoms with Crippen LogP contribution in [0.3, 0.4) is 0 Å². The van der Waals surface area contributed by atoms with Gasteiger partial charge in [0.15, 0.2) is 11.6 Å². The average molecular weight is 378 g/mol. The predicted octanol–water partition coefficient (Wildman–Crippen LogP) is 4.39. The molecule has 0 amide bonds. The Kier molecular flexibility index (Phi) is 5.94. The van der Waals surface area contributed by atoms with E-state index in [0.717, 1.165) is 0 Å². The minimum Gasteiger partial charge on any atom is -0.468 e. The molecule has 1 unspecified atom stereocenters. The van der Waals surface area contributed by atoms with Crippen molar-refractivity contribution in [1.29, 1.82) is 0 Å². The molecule has 0 N–H and O–H groups in total. The lowest BCUT2D eigenvalue weighted by molar-refractivity contribution is -0.143. The van der Waals surface area contributed by atoms with E-state index in [1.165, 1.54) is 18.4 Å². The molecular formula is C22H18O4S. The van der Waals surface area contributed by atoms with Crippen molar-refractivity contribution in [3.63, 3.8) is 0 Å². The van der Waals surface area contributed by atoms with Crippen molar-refractivity contribution >= 4 is 28.9 Å². The zero-order chi connectivity index (χ0) is 19.2. The molecule has 0 saturated carbocycles. The third-order valence-electron chi connectivity index (χ3n) is 4.32. The fraction of sp³-hybridized carbons (Fsp3) is 0.136. The lowest BCUT2D eigenvalue weighted by atomic mass is 9.79. The first-order chi connectivity index (χ1) is 13.1. The van der Waals surface area contributed by atoms with Crippen molar-refractivity contribution in [2.45, 2.75) is 5.92 Å². The number of methoxy groups -OCH3 is 1. The third-order valence-corrected chi connectivity index (χ3v) is 5.28. The van der Waals surface area contributed by atoms with E-state index in [1.54, 1.807) is 72.8 Å². The number of rotatable bonds is 7. The number of carbonyl (C=O) groups excluding carboxylic acids is 3. The summed E-state index contributed by atoms with van der Waals surface area (Å²) in [6.07, 6.45) is 0. The summed E-state index contributed by atoms with van der Waals surface area (Å²) in [4.78, 5) is 39.8. The molecular weight excluding hydrogens is 360 g/mol. The average Bonchev–Trinajstić information content (AvgIpc) is 3.26. The number of hydrogen-bond donors (Lipinski definition) is 0. The molecule has 0 spiro atoms. The van der Waals surface area contributed by atoms with Gasteiger partial charge in [0.1, 0.15) is 11.8 Å². The second-order valence-electron chi connectivity index (χ2n) is 5.95. The number of esters is 1. The number of Topliss-reactive ketones (excluding diaryl/α,β-unsaturated/α-hetero) is 2. The molecule has 0 aliphatic carbocycles. The minimum atomic E-state index is -1.19. The Balaban J connectivity index is 2.12. The summed E-state index contributed by atoms with van der Waals surface area (Å²) in [6.45, 7) is 0. The first-order valence-corrected chi connectivity index (χ1v) is 9.31. The highest BCUT2D eigenvalue weighted by molar-refractivity contribution is 7.10. The van der Waals surface area contributed by atoms with Gasteiger partial charge in [-0.25, -0.2) is 0 Å². The van der Waals surface area contributed by atoms with E-state index in [1.807, 2.05) is 5.38 Å². The van der Waals surface area contributed by atoms with Crippen molar-refractivity contribution in [1.82, 2.24) is 0 Å². The van der Waals surface area contributed by atoms with Gasteiger partial charge < -0.3 is 4.74 Å². The van der Waals surface area contributed by atoms with Gasteiger partial charge in [0.25, 0.3) is 0 Å². The van der Waals surface area contributed by atoms with Gasteiger partial charge in [-0.3, -0.25) is 14.4 Å². The molecule has 27 heavy (non-hydrogen) atoms. The Hall–Kier alpha value is -3.05. The summed E-state index contributed by atoms with van der Waals surface area (Å²) in [6, 6.07) is 20.6. The van der Waals surface area contributed by atoms with Crippen molar-refractivity contribution in [2.75, 3.05) is 7.11 Å². The van der Waals surface area contributed by atoms with Gasteiger partial charge in [0.2, 0.25) is 0 Å². The number of ether oxygens (including phenoxy) is 1. The summed E-state index contributed by atoms with van der Waals surface area (Å²) in [5.41, 5.74) is 0.773. The van der Waals surface area contributed by atoms with Gasteiger partial charge in [-0.05, 0) is 11.4 Å². The van der Waals surface area contributed by atoms with Crippen LogP contribution >= 0.6 is 11.3 Å². The predicted molar refractivity (Wildman–Crippen MR) is 104 cm³/mol. The molecule has 1 atom stereocenters. The summed E-state index contributed by atoms with van der Waals surface area (Å²) >= 11 is 1.32. The van der Waals surface area contributed by atoms with E-state index in [-0.39, 0.29) is 0 Å². The monoisotopic (exact) mass is 378 g/mol. The topological polar surface area (TPSA) is 60.4 Å². The first kappa shape index (κ1) is 18.7. The van der Waals surface area contributed by atoms with E-state index in [2.05, 4.69) is 0 Å². The molecule has 1 heterocycles. The standard InChI is InChI=1S/C22H18O4S/c1-26-22(25)18(17-13-8-14-27-17)19(20(23)15-9-4-2-5-10-15)21(24)16-11-6-3-7-12-16/h2-14,18-19H,1H3. The number of thiophene rings is 1. The van der Waals surface area contributed by atoms with Gasteiger partial charge in [-0.2, -0.15) is 0 Å². The second-order valence-corrected chi connectivity index (χ2v) is 6.93. The summed E-state index contributed by atoms with van der Waals surface area (Å²) in [5.74, 6) is -3.58. The SMILES string of the molecule is COC(=O)C(c1cccs1)C(C(=O)c1ccccc1)C(=O)c1ccccc1. The normalized spacial score (nSPS) is 11.8. The van der Waals surface area contributed by atoms with Gasteiger partial charge >= 0.3 is 5.97 Å².